The summed E-state index contributed by atoms with van der Waals surface area (Å²) in [6.45, 7) is 12.0. The zero-order chi connectivity index (χ0) is 14.7. The number of rotatable bonds is 5. The molecule has 2 unspecified atom stereocenters. The molecular weight excluding hydrogens is 246 g/mol. The largest absolute Gasteiger partial charge is 0.351 e. The number of hydrogen-bond acceptors (Lipinski definition) is 3. The standard InChI is InChI=1S/C17H29N3/c1-6-16-8-7-14(5)20(16)17-13(4)9-15(11-19-17)10-18-12(2)3/h9,11-12,14,16,18H,6-8,10H2,1-5H3. The fraction of sp³-hybridized carbons (Fsp3) is 0.706. The molecule has 0 aromatic carbocycles. The monoisotopic (exact) mass is 275 g/mol. The van der Waals surface area contributed by atoms with Crippen LogP contribution in [0.1, 0.15) is 58.1 Å². The summed E-state index contributed by atoms with van der Waals surface area (Å²) in [7, 11) is 0. The normalized spacial score (nSPS) is 22.8. The van der Waals surface area contributed by atoms with Crippen LogP contribution in [0.2, 0.25) is 0 Å². The van der Waals surface area contributed by atoms with Crippen LogP contribution in [0.3, 0.4) is 0 Å². The molecule has 1 aliphatic heterocycles. The molecule has 0 aliphatic carbocycles. The first-order valence-corrected chi connectivity index (χ1v) is 8.00. The molecule has 2 heterocycles. The second-order valence-corrected chi connectivity index (χ2v) is 6.42. The van der Waals surface area contributed by atoms with E-state index in [1.165, 1.54) is 36.2 Å². The molecule has 1 saturated heterocycles. The van der Waals surface area contributed by atoms with Gasteiger partial charge >= 0.3 is 0 Å². The molecule has 3 heteroatoms. The van der Waals surface area contributed by atoms with Crippen molar-refractivity contribution in [3.05, 3.63) is 23.4 Å². The van der Waals surface area contributed by atoms with Crippen molar-refractivity contribution in [2.75, 3.05) is 4.90 Å². The number of nitrogens with one attached hydrogen (secondary N) is 1. The summed E-state index contributed by atoms with van der Waals surface area (Å²) in [5, 5.41) is 3.45. The first kappa shape index (κ1) is 15.3. The van der Waals surface area contributed by atoms with Gasteiger partial charge in [0.05, 0.1) is 0 Å². The second kappa shape index (κ2) is 6.57. The highest BCUT2D eigenvalue weighted by molar-refractivity contribution is 5.50. The Kier molecular flexibility index (Phi) is 5.03. The zero-order valence-electron chi connectivity index (χ0n) is 13.6. The van der Waals surface area contributed by atoms with Crippen molar-refractivity contribution < 1.29 is 0 Å². The second-order valence-electron chi connectivity index (χ2n) is 6.42. The number of anilines is 1. The molecule has 20 heavy (non-hydrogen) atoms. The average Bonchev–Trinajstić information content (AvgIpc) is 2.77. The van der Waals surface area contributed by atoms with Gasteiger partial charge in [0.15, 0.2) is 0 Å². The molecule has 0 bridgehead atoms. The molecular formula is C17H29N3. The van der Waals surface area contributed by atoms with Crippen molar-refractivity contribution in [3.8, 4) is 0 Å². The van der Waals surface area contributed by atoms with E-state index in [0.717, 1.165) is 6.54 Å². The Bertz CT molecular complexity index is 442. The molecule has 112 valence electrons. The van der Waals surface area contributed by atoms with Gasteiger partial charge in [-0.3, -0.25) is 0 Å². The van der Waals surface area contributed by atoms with Crippen molar-refractivity contribution in [2.45, 2.75) is 78.6 Å². The summed E-state index contributed by atoms with van der Waals surface area (Å²) in [5.41, 5.74) is 2.58. The molecule has 2 rings (SSSR count). The Morgan fingerprint density at radius 2 is 2.15 bits per heavy atom. The summed E-state index contributed by atoms with van der Waals surface area (Å²) >= 11 is 0. The van der Waals surface area contributed by atoms with Gasteiger partial charge in [0.2, 0.25) is 0 Å². The Morgan fingerprint density at radius 1 is 1.40 bits per heavy atom. The Labute approximate surface area is 123 Å². The smallest absolute Gasteiger partial charge is 0.131 e. The maximum Gasteiger partial charge on any atom is 0.131 e. The topological polar surface area (TPSA) is 28.2 Å². The minimum absolute atomic E-state index is 0.512. The molecule has 3 nitrogen and oxygen atoms in total. The maximum absolute atomic E-state index is 4.77. The third-order valence-corrected chi connectivity index (χ3v) is 4.32. The van der Waals surface area contributed by atoms with Gasteiger partial charge in [-0.2, -0.15) is 0 Å². The fourth-order valence-corrected chi connectivity index (χ4v) is 3.17. The maximum atomic E-state index is 4.77. The van der Waals surface area contributed by atoms with Crippen LogP contribution in [0.4, 0.5) is 5.82 Å². The van der Waals surface area contributed by atoms with Gasteiger partial charge in [0.25, 0.3) is 0 Å². The van der Waals surface area contributed by atoms with Crippen LogP contribution in [0.25, 0.3) is 0 Å². The third-order valence-electron chi connectivity index (χ3n) is 4.32. The van der Waals surface area contributed by atoms with Gasteiger partial charge in [-0.1, -0.05) is 20.8 Å². The SMILES string of the molecule is CCC1CCC(C)N1c1ncc(CNC(C)C)cc1C. The Morgan fingerprint density at radius 3 is 2.75 bits per heavy atom. The number of aromatic nitrogens is 1. The van der Waals surface area contributed by atoms with Gasteiger partial charge in [-0.15, -0.1) is 0 Å². The van der Waals surface area contributed by atoms with Crippen LogP contribution in [-0.2, 0) is 6.54 Å². The first-order chi connectivity index (χ1) is 9.52. The van der Waals surface area contributed by atoms with Crippen LogP contribution < -0.4 is 10.2 Å². The van der Waals surface area contributed by atoms with Gasteiger partial charge in [0, 0.05) is 30.9 Å². The average molecular weight is 275 g/mol. The minimum Gasteiger partial charge on any atom is -0.351 e. The summed E-state index contributed by atoms with van der Waals surface area (Å²) < 4.78 is 0. The highest BCUT2D eigenvalue weighted by atomic mass is 15.3. The number of pyridine rings is 1. The lowest BCUT2D eigenvalue weighted by Gasteiger charge is -2.30. The van der Waals surface area contributed by atoms with E-state index < -0.39 is 0 Å². The molecule has 1 aromatic heterocycles. The zero-order valence-corrected chi connectivity index (χ0v) is 13.6. The van der Waals surface area contributed by atoms with Crippen LogP contribution in [0.5, 0.6) is 0 Å². The lowest BCUT2D eigenvalue weighted by Crippen LogP contribution is -2.35. The summed E-state index contributed by atoms with van der Waals surface area (Å²) in [6, 6.07) is 4.08. The number of aryl methyl sites for hydroxylation is 1. The van der Waals surface area contributed by atoms with Crippen molar-refractivity contribution in [3.63, 3.8) is 0 Å². The first-order valence-electron chi connectivity index (χ1n) is 8.00. The van der Waals surface area contributed by atoms with E-state index in [2.05, 4.69) is 50.9 Å². The van der Waals surface area contributed by atoms with E-state index in [1.54, 1.807) is 0 Å². The molecule has 1 fully saturated rings. The van der Waals surface area contributed by atoms with Crippen molar-refractivity contribution in [1.29, 1.82) is 0 Å². The van der Waals surface area contributed by atoms with Crippen LogP contribution in [-0.4, -0.2) is 23.1 Å². The highest BCUT2D eigenvalue weighted by Gasteiger charge is 2.31. The van der Waals surface area contributed by atoms with Gasteiger partial charge in [-0.05, 0) is 50.3 Å². The van der Waals surface area contributed by atoms with Crippen LogP contribution >= 0.6 is 0 Å². The summed E-state index contributed by atoms with van der Waals surface area (Å²) in [4.78, 5) is 7.31. The molecule has 0 radical (unpaired) electrons. The summed E-state index contributed by atoms with van der Waals surface area (Å²) in [6.07, 6.45) is 5.84. The molecule has 0 spiro atoms. The van der Waals surface area contributed by atoms with Crippen molar-refractivity contribution in [2.24, 2.45) is 0 Å². The number of nitrogens with zero attached hydrogens (tertiary/aromatic N) is 2. The van der Waals surface area contributed by atoms with Gasteiger partial charge in [-0.25, -0.2) is 4.98 Å². The van der Waals surface area contributed by atoms with Crippen LogP contribution in [0.15, 0.2) is 12.3 Å². The molecule has 0 amide bonds. The minimum atomic E-state index is 0.512. The predicted molar refractivity (Wildman–Crippen MR) is 86.2 cm³/mol. The van der Waals surface area contributed by atoms with E-state index in [0.29, 0.717) is 18.1 Å². The van der Waals surface area contributed by atoms with Gasteiger partial charge < -0.3 is 10.2 Å². The van der Waals surface area contributed by atoms with E-state index in [9.17, 15) is 0 Å². The van der Waals surface area contributed by atoms with Crippen molar-refractivity contribution >= 4 is 5.82 Å². The Balaban J connectivity index is 2.16. The highest BCUT2D eigenvalue weighted by Crippen LogP contribution is 2.32. The number of hydrogen-bond donors (Lipinski definition) is 1. The lowest BCUT2D eigenvalue weighted by molar-refractivity contribution is 0.586. The van der Waals surface area contributed by atoms with Gasteiger partial charge in [0.1, 0.15) is 5.82 Å². The van der Waals surface area contributed by atoms with E-state index in [-0.39, 0.29) is 0 Å². The molecule has 0 saturated carbocycles. The molecule has 1 N–H and O–H groups in total. The predicted octanol–water partition coefficient (Wildman–Crippen LogP) is 3.66. The van der Waals surface area contributed by atoms with E-state index in [1.807, 2.05) is 6.20 Å². The van der Waals surface area contributed by atoms with E-state index in [4.69, 9.17) is 4.98 Å². The van der Waals surface area contributed by atoms with E-state index >= 15 is 0 Å². The Hall–Kier alpha value is -1.09. The lowest BCUT2D eigenvalue weighted by atomic mass is 10.1. The summed E-state index contributed by atoms with van der Waals surface area (Å²) in [5.74, 6) is 1.19. The quantitative estimate of drug-likeness (QED) is 0.889. The fourth-order valence-electron chi connectivity index (χ4n) is 3.17. The molecule has 1 aliphatic rings. The molecule has 2 atom stereocenters. The van der Waals surface area contributed by atoms with Crippen molar-refractivity contribution in [1.82, 2.24) is 10.3 Å². The van der Waals surface area contributed by atoms with Crippen LogP contribution in [0, 0.1) is 6.92 Å². The third kappa shape index (κ3) is 3.32. The molecule has 1 aromatic rings.